The number of aryl methyl sites for hydroxylation is 1. The Morgan fingerprint density at radius 1 is 1.40 bits per heavy atom. The molecule has 0 amide bonds. The van der Waals surface area contributed by atoms with Crippen LogP contribution in [0.25, 0.3) is 0 Å². The van der Waals surface area contributed by atoms with Crippen molar-refractivity contribution in [2.45, 2.75) is 26.4 Å². The SMILES string of the molecule is CCNCc1ccc(OCCCn2ccnc2)c(Cl)c1. The molecule has 0 unspecified atom stereocenters. The Morgan fingerprint density at radius 2 is 2.30 bits per heavy atom. The molecule has 0 fully saturated rings. The molecule has 108 valence electrons. The van der Waals surface area contributed by atoms with Crippen molar-refractivity contribution in [3.05, 3.63) is 47.5 Å². The average Bonchev–Trinajstić information content (AvgIpc) is 2.96. The Hall–Kier alpha value is -1.52. The molecule has 1 heterocycles. The predicted octanol–water partition coefficient (Wildman–Crippen LogP) is 3.12. The van der Waals surface area contributed by atoms with E-state index >= 15 is 0 Å². The first-order valence-corrected chi connectivity index (χ1v) is 7.25. The van der Waals surface area contributed by atoms with Gasteiger partial charge in [0.15, 0.2) is 0 Å². The summed E-state index contributed by atoms with van der Waals surface area (Å²) in [5, 5.41) is 3.94. The molecule has 0 saturated carbocycles. The molecule has 0 aliphatic carbocycles. The first kappa shape index (κ1) is 14.9. The van der Waals surface area contributed by atoms with E-state index in [-0.39, 0.29) is 0 Å². The van der Waals surface area contributed by atoms with Crippen LogP contribution in [0.5, 0.6) is 5.75 Å². The minimum atomic E-state index is 0.643. The number of rotatable bonds is 8. The van der Waals surface area contributed by atoms with E-state index in [9.17, 15) is 0 Å². The summed E-state index contributed by atoms with van der Waals surface area (Å²) in [7, 11) is 0. The number of aromatic nitrogens is 2. The number of imidazole rings is 1. The van der Waals surface area contributed by atoms with Gasteiger partial charge in [-0.3, -0.25) is 0 Å². The first-order valence-electron chi connectivity index (χ1n) is 6.87. The quantitative estimate of drug-likeness (QED) is 0.760. The summed E-state index contributed by atoms with van der Waals surface area (Å²) >= 11 is 6.22. The lowest BCUT2D eigenvalue weighted by molar-refractivity contribution is 0.302. The van der Waals surface area contributed by atoms with Gasteiger partial charge in [0.2, 0.25) is 0 Å². The average molecular weight is 294 g/mol. The van der Waals surface area contributed by atoms with Gasteiger partial charge in [0, 0.05) is 25.5 Å². The maximum absolute atomic E-state index is 6.22. The fourth-order valence-electron chi connectivity index (χ4n) is 1.89. The molecular formula is C15H20ClN3O. The van der Waals surface area contributed by atoms with Crippen molar-refractivity contribution in [1.29, 1.82) is 0 Å². The molecule has 0 spiro atoms. The minimum Gasteiger partial charge on any atom is -0.492 e. The first-order chi connectivity index (χ1) is 9.79. The zero-order valence-corrected chi connectivity index (χ0v) is 12.4. The smallest absolute Gasteiger partial charge is 0.137 e. The van der Waals surface area contributed by atoms with Crippen LogP contribution in [0, 0.1) is 0 Å². The van der Waals surface area contributed by atoms with Gasteiger partial charge in [0.1, 0.15) is 5.75 Å². The molecule has 0 bridgehead atoms. The standard InChI is InChI=1S/C15H20ClN3O/c1-2-17-11-13-4-5-15(14(16)10-13)20-9-3-7-19-8-6-18-12-19/h4-6,8,10,12,17H,2-3,7,9,11H2,1H3. The van der Waals surface area contributed by atoms with Crippen LogP contribution in [0.15, 0.2) is 36.9 Å². The number of halogens is 1. The third kappa shape index (κ3) is 4.54. The van der Waals surface area contributed by atoms with E-state index in [1.54, 1.807) is 6.20 Å². The molecule has 1 aromatic heterocycles. The fraction of sp³-hybridized carbons (Fsp3) is 0.400. The van der Waals surface area contributed by atoms with E-state index in [1.165, 1.54) is 5.56 Å². The lowest BCUT2D eigenvalue weighted by Gasteiger charge is -2.10. The zero-order valence-electron chi connectivity index (χ0n) is 11.7. The predicted molar refractivity (Wildman–Crippen MR) is 81.2 cm³/mol. The highest BCUT2D eigenvalue weighted by Gasteiger charge is 2.03. The van der Waals surface area contributed by atoms with E-state index in [4.69, 9.17) is 16.3 Å². The molecule has 0 radical (unpaired) electrons. The maximum Gasteiger partial charge on any atom is 0.137 e. The monoisotopic (exact) mass is 293 g/mol. The second kappa shape index (κ2) is 7.92. The number of ether oxygens (including phenoxy) is 1. The van der Waals surface area contributed by atoms with E-state index < -0.39 is 0 Å². The second-order valence-electron chi connectivity index (χ2n) is 4.55. The molecule has 20 heavy (non-hydrogen) atoms. The number of hydrogen-bond acceptors (Lipinski definition) is 3. The summed E-state index contributed by atoms with van der Waals surface area (Å²) in [6.07, 6.45) is 6.46. The third-order valence-corrected chi connectivity index (χ3v) is 3.25. The number of hydrogen-bond donors (Lipinski definition) is 1. The summed E-state index contributed by atoms with van der Waals surface area (Å²) in [6.45, 7) is 5.40. The Balaban J connectivity index is 1.77. The highest BCUT2D eigenvalue weighted by Crippen LogP contribution is 2.25. The molecule has 0 aliphatic rings. The van der Waals surface area contributed by atoms with Crippen LogP contribution >= 0.6 is 11.6 Å². The Labute approximate surface area is 124 Å². The molecule has 4 nitrogen and oxygen atoms in total. The maximum atomic E-state index is 6.22. The van der Waals surface area contributed by atoms with Gasteiger partial charge in [-0.25, -0.2) is 4.98 Å². The normalized spacial score (nSPS) is 10.7. The van der Waals surface area contributed by atoms with Crippen molar-refractivity contribution >= 4 is 11.6 Å². The third-order valence-electron chi connectivity index (χ3n) is 2.95. The van der Waals surface area contributed by atoms with Crippen molar-refractivity contribution in [3.63, 3.8) is 0 Å². The Kier molecular flexibility index (Phi) is 5.89. The number of nitrogens with zero attached hydrogens (tertiary/aromatic N) is 2. The molecular weight excluding hydrogens is 274 g/mol. The van der Waals surface area contributed by atoms with E-state index in [0.717, 1.165) is 31.8 Å². The molecule has 1 aromatic carbocycles. The molecule has 5 heteroatoms. The van der Waals surface area contributed by atoms with Crippen molar-refractivity contribution in [3.8, 4) is 5.75 Å². The summed E-state index contributed by atoms with van der Waals surface area (Å²) in [4.78, 5) is 4.00. The molecule has 2 rings (SSSR count). The van der Waals surface area contributed by atoms with Gasteiger partial charge in [0.25, 0.3) is 0 Å². The largest absolute Gasteiger partial charge is 0.492 e. The molecule has 0 saturated heterocycles. The molecule has 0 atom stereocenters. The van der Waals surface area contributed by atoms with Crippen molar-refractivity contribution in [2.24, 2.45) is 0 Å². The van der Waals surface area contributed by atoms with Crippen LogP contribution in [0.4, 0.5) is 0 Å². The van der Waals surface area contributed by atoms with E-state index in [1.807, 2.05) is 35.3 Å². The van der Waals surface area contributed by atoms with Crippen LogP contribution in [0.1, 0.15) is 18.9 Å². The van der Waals surface area contributed by atoms with Gasteiger partial charge >= 0.3 is 0 Å². The van der Waals surface area contributed by atoms with E-state index in [2.05, 4.69) is 17.2 Å². The summed E-state index contributed by atoms with van der Waals surface area (Å²) in [5.41, 5.74) is 1.17. The van der Waals surface area contributed by atoms with Crippen molar-refractivity contribution in [2.75, 3.05) is 13.2 Å². The molecule has 0 aliphatic heterocycles. The van der Waals surface area contributed by atoms with Gasteiger partial charge in [-0.05, 0) is 30.7 Å². The van der Waals surface area contributed by atoms with Crippen LogP contribution in [0.2, 0.25) is 5.02 Å². The van der Waals surface area contributed by atoms with Crippen molar-refractivity contribution < 1.29 is 4.74 Å². The highest BCUT2D eigenvalue weighted by molar-refractivity contribution is 6.32. The second-order valence-corrected chi connectivity index (χ2v) is 4.95. The summed E-state index contributed by atoms with van der Waals surface area (Å²) in [5.74, 6) is 0.748. The van der Waals surface area contributed by atoms with Crippen LogP contribution in [0.3, 0.4) is 0 Å². The molecule has 1 N–H and O–H groups in total. The topological polar surface area (TPSA) is 39.1 Å². The lowest BCUT2D eigenvalue weighted by atomic mass is 10.2. The Bertz CT molecular complexity index is 514. The summed E-state index contributed by atoms with van der Waals surface area (Å²) < 4.78 is 7.74. The van der Waals surface area contributed by atoms with Crippen molar-refractivity contribution in [1.82, 2.24) is 14.9 Å². The lowest BCUT2D eigenvalue weighted by Crippen LogP contribution is -2.11. The van der Waals surface area contributed by atoms with Crippen LogP contribution in [-0.2, 0) is 13.1 Å². The Morgan fingerprint density at radius 3 is 3.00 bits per heavy atom. The number of benzene rings is 1. The van der Waals surface area contributed by atoms with Gasteiger partial charge < -0.3 is 14.6 Å². The van der Waals surface area contributed by atoms with Gasteiger partial charge in [0.05, 0.1) is 18.0 Å². The van der Waals surface area contributed by atoms with Gasteiger partial charge in [-0.2, -0.15) is 0 Å². The number of nitrogens with one attached hydrogen (secondary N) is 1. The summed E-state index contributed by atoms with van der Waals surface area (Å²) in [6, 6.07) is 5.93. The minimum absolute atomic E-state index is 0.643. The van der Waals surface area contributed by atoms with Crippen LogP contribution < -0.4 is 10.1 Å². The van der Waals surface area contributed by atoms with Gasteiger partial charge in [-0.15, -0.1) is 0 Å². The van der Waals surface area contributed by atoms with Crippen LogP contribution in [-0.4, -0.2) is 22.7 Å². The molecule has 2 aromatic rings. The van der Waals surface area contributed by atoms with E-state index in [0.29, 0.717) is 11.6 Å². The highest BCUT2D eigenvalue weighted by atomic mass is 35.5. The fourth-order valence-corrected chi connectivity index (χ4v) is 2.15. The van der Waals surface area contributed by atoms with Gasteiger partial charge in [-0.1, -0.05) is 24.6 Å². The zero-order chi connectivity index (χ0) is 14.2.